The molecule has 0 bridgehead atoms. The van der Waals surface area contributed by atoms with Gasteiger partial charge in [0.2, 0.25) is 0 Å². The van der Waals surface area contributed by atoms with Crippen molar-refractivity contribution in [2.45, 2.75) is 27.2 Å². The van der Waals surface area contributed by atoms with E-state index in [0.29, 0.717) is 12.0 Å². The van der Waals surface area contributed by atoms with Crippen molar-refractivity contribution < 1.29 is 8.78 Å². The fraction of sp³-hybridized carbons (Fsp3) is 0.538. The zero-order valence-corrected chi connectivity index (χ0v) is 10.1. The molecule has 3 heteroatoms. The molecule has 1 rings (SSSR count). The molecule has 16 heavy (non-hydrogen) atoms. The highest BCUT2D eigenvalue weighted by molar-refractivity contribution is 5.26. The van der Waals surface area contributed by atoms with E-state index in [-0.39, 0.29) is 11.5 Å². The molecular weight excluding hydrogens is 208 g/mol. The highest BCUT2D eigenvalue weighted by Gasteiger charge is 2.14. The summed E-state index contributed by atoms with van der Waals surface area (Å²) in [6, 6.07) is 2.82. The average molecular weight is 227 g/mol. The minimum absolute atomic E-state index is 0.213. The normalized spacial score (nSPS) is 12.8. The van der Waals surface area contributed by atoms with Crippen LogP contribution in [0.15, 0.2) is 12.1 Å². The van der Waals surface area contributed by atoms with Crippen LogP contribution in [0.1, 0.15) is 25.0 Å². The van der Waals surface area contributed by atoms with Crippen LogP contribution in [0, 0.1) is 24.5 Å². The molecule has 0 fully saturated rings. The van der Waals surface area contributed by atoms with Crippen LogP contribution in [0.3, 0.4) is 0 Å². The molecule has 0 amide bonds. The fourth-order valence-corrected chi connectivity index (χ4v) is 1.71. The summed E-state index contributed by atoms with van der Waals surface area (Å²) in [4.78, 5) is 0. The Morgan fingerprint density at radius 1 is 1.31 bits per heavy atom. The van der Waals surface area contributed by atoms with E-state index >= 15 is 0 Å². The Morgan fingerprint density at radius 3 is 2.62 bits per heavy atom. The zero-order valence-electron chi connectivity index (χ0n) is 10.1. The standard InChI is InChI=1S/C13H19F2N/c1-4-16-8-9(2)7-11-12(14)6-5-10(3)13(11)15/h5-6,9,16H,4,7-8H2,1-3H3. The monoisotopic (exact) mass is 227 g/mol. The fourth-order valence-electron chi connectivity index (χ4n) is 1.71. The topological polar surface area (TPSA) is 12.0 Å². The lowest BCUT2D eigenvalue weighted by Gasteiger charge is -2.13. The second-order valence-corrected chi connectivity index (χ2v) is 4.27. The summed E-state index contributed by atoms with van der Waals surface area (Å²) in [6.07, 6.45) is 0.437. The van der Waals surface area contributed by atoms with Crippen molar-refractivity contribution in [3.05, 3.63) is 34.9 Å². The molecule has 1 atom stereocenters. The Kier molecular flexibility index (Phi) is 4.87. The number of halogens is 2. The molecule has 0 aliphatic rings. The van der Waals surface area contributed by atoms with Crippen LogP contribution >= 0.6 is 0 Å². The van der Waals surface area contributed by atoms with E-state index in [1.165, 1.54) is 12.1 Å². The van der Waals surface area contributed by atoms with Crippen molar-refractivity contribution >= 4 is 0 Å². The van der Waals surface area contributed by atoms with E-state index in [1.54, 1.807) is 6.92 Å². The van der Waals surface area contributed by atoms with Crippen molar-refractivity contribution in [1.29, 1.82) is 0 Å². The summed E-state index contributed by atoms with van der Waals surface area (Å²) in [5, 5.41) is 3.18. The number of nitrogens with one attached hydrogen (secondary N) is 1. The molecule has 1 nitrogen and oxygen atoms in total. The minimum atomic E-state index is -0.438. The maximum atomic E-state index is 13.7. The number of aryl methyl sites for hydroxylation is 1. The lowest BCUT2D eigenvalue weighted by atomic mass is 9.98. The molecule has 0 saturated heterocycles. The van der Waals surface area contributed by atoms with Gasteiger partial charge in [0.25, 0.3) is 0 Å². The zero-order chi connectivity index (χ0) is 12.1. The molecule has 0 heterocycles. The first-order valence-electron chi connectivity index (χ1n) is 5.70. The van der Waals surface area contributed by atoms with Gasteiger partial charge in [-0.2, -0.15) is 0 Å². The summed E-state index contributed by atoms with van der Waals surface area (Å²) in [7, 11) is 0. The highest BCUT2D eigenvalue weighted by atomic mass is 19.1. The molecule has 90 valence electrons. The third kappa shape index (κ3) is 3.27. The molecule has 0 aliphatic carbocycles. The molecule has 1 unspecified atom stereocenters. The Balaban J connectivity index is 2.76. The summed E-state index contributed by atoms with van der Waals surface area (Å²) in [5.41, 5.74) is 0.720. The first kappa shape index (κ1) is 13.1. The van der Waals surface area contributed by atoms with Gasteiger partial charge in [-0.1, -0.05) is 19.9 Å². The second kappa shape index (κ2) is 5.94. The maximum absolute atomic E-state index is 13.7. The Morgan fingerprint density at radius 2 is 2.00 bits per heavy atom. The van der Waals surface area contributed by atoms with Gasteiger partial charge < -0.3 is 5.32 Å². The number of hydrogen-bond donors (Lipinski definition) is 1. The predicted octanol–water partition coefficient (Wildman–Crippen LogP) is 3.06. The summed E-state index contributed by atoms with van der Waals surface area (Å²) in [6.45, 7) is 7.32. The molecule has 1 N–H and O–H groups in total. The van der Waals surface area contributed by atoms with E-state index in [9.17, 15) is 8.78 Å². The van der Waals surface area contributed by atoms with Crippen LogP contribution in [-0.2, 0) is 6.42 Å². The van der Waals surface area contributed by atoms with Gasteiger partial charge in [0, 0.05) is 5.56 Å². The molecular formula is C13H19F2N. The molecule has 0 aromatic heterocycles. The maximum Gasteiger partial charge on any atom is 0.132 e. The smallest absolute Gasteiger partial charge is 0.132 e. The van der Waals surface area contributed by atoms with Gasteiger partial charge in [-0.05, 0) is 44.0 Å². The van der Waals surface area contributed by atoms with Crippen molar-refractivity contribution in [2.24, 2.45) is 5.92 Å². The highest BCUT2D eigenvalue weighted by Crippen LogP contribution is 2.19. The third-order valence-electron chi connectivity index (χ3n) is 2.67. The second-order valence-electron chi connectivity index (χ2n) is 4.27. The van der Waals surface area contributed by atoms with Crippen LogP contribution in [0.25, 0.3) is 0 Å². The molecule has 1 aromatic rings. The van der Waals surface area contributed by atoms with Crippen LogP contribution in [0.2, 0.25) is 0 Å². The van der Waals surface area contributed by atoms with Crippen molar-refractivity contribution in [1.82, 2.24) is 5.32 Å². The van der Waals surface area contributed by atoms with E-state index in [4.69, 9.17) is 0 Å². The molecule has 1 aromatic carbocycles. The van der Waals surface area contributed by atoms with Gasteiger partial charge in [0.05, 0.1) is 0 Å². The van der Waals surface area contributed by atoms with Crippen LogP contribution in [-0.4, -0.2) is 13.1 Å². The van der Waals surface area contributed by atoms with E-state index < -0.39 is 11.6 Å². The van der Waals surface area contributed by atoms with Gasteiger partial charge in [-0.25, -0.2) is 8.78 Å². The van der Waals surface area contributed by atoms with Crippen LogP contribution < -0.4 is 5.32 Å². The number of benzene rings is 1. The van der Waals surface area contributed by atoms with Crippen molar-refractivity contribution in [3.63, 3.8) is 0 Å². The SMILES string of the molecule is CCNCC(C)Cc1c(F)ccc(C)c1F. The Hall–Kier alpha value is -0.960. The Bertz CT molecular complexity index is 350. The van der Waals surface area contributed by atoms with E-state index in [2.05, 4.69) is 5.32 Å². The van der Waals surface area contributed by atoms with Crippen molar-refractivity contribution in [3.8, 4) is 0 Å². The number of rotatable bonds is 5. The molecule has 0 spiro atoms. The van der Waals surface area contributed by atoms with E-state index in [0.717, 1.165) is 13.1 Å². The average Bonchev–Trinajstić information content (AvgIpc) is 2.27. The summed E-state index contributed by atoms with van der Waals surface area (Å²) >= 11 is 0. The lowest BCUT2D eigenvalue weighted by Crippen LogP contribution is -2.22. The largest absolute Gasteiger partial charge is 0.317 e. The van der Waals surface area contributed by atoms with Gasteiger partial charge >= 0.3 is 0 Å². The Labute approximate surface area is 95.9 Å². The van der Waals surface area contributed by atoms with Gasteiger partial charge in [-0.15, -0.1) is 0 Å². The third-order valence-corrected chi connectivity index (χ3v) is 2.67. The molecule has 0 aliphatic heterocycles. The van der Waals surface area contributed by atoms with Gasteiger partial charge in [0.1, 0.15) is 11.6 Å². The quantitative estimate of drug-likeness (QED) is 0.815. The predicted molar refractivity (Wildman–Crippen MR) is 62.5 cm³/mol. The van der Waals surface area contributed by atoms with Crippen molar-refractivity contribution in [2.75, 3.05) is 13.1 Å². The minimum Gasteiger partial charge on any atom is -0.317 e. The van der Waals surface area contributed by atoms with E-state index in [1.807, 2.05) is 13.8 Å². The molecule has 0 radical (unpaired) electrons. The van der Waals surface area contributed by atoms with Gasteiger partial charge in [-0.3, -0.25) is 0 Å². The first-order valence-corrected chi connectivity index (χ1v) is 5.70. The van der Waals surface area contributed by atoms with Crippen LogP contribution in [0.4, 0.5) is 8.78 Å². The lowest BCUT2D eigenvalue weighted by molar-refractivity contribution is 0.481. The first-order chi connectivity index (χ1) is 7.56. The molecule has 0 saturated carbocycles. The summed E-state index contributed by atoms with van der Waals surface area (Å²) < 4.78 is 27.1. The van der Waals surface area contributed by atoms with Crippen LogP contribution in [0.5, 0.6) is 0 Å². The van der Waals surface area contributed by atoms with Gasteiger partial charge in [0.15, 0.2) is 0 Å². The number of hydrogen-bond acceptors (Lipinski definition) is 1. The summed E-state index contributed by atoms with van der Waals surface area (Å²) in [5.74, 6) is -0.611.